The average molecular weight is 407 g/mol. The van der Waals surface area contributed by atoms with Crippen LogP contribution >= 0.6 is 11.6 Å². The molecule has 3 rings (SSSR count). The lowest BCUT2D eigenvalue weighted by Gasteiger charge is -2.05. The van der Waals surface area contributed by atoms with Gasteiger partial charge in [0.15, 0.2) is 0 Å². The van der Waals surface area contributed by atoms with Gasteiger partial charge in [-0.3, -0.25) is 0 Å². The number of hydrogen-bond donors (Lipinski definition) is 1. The number of nitrogens with zero attached hydrogens (tertiary/aromatic N) is 1. The van der Waals surface area contributed by atoms with Crippen LogP contribution in [0.4, 0.5) is 5.88 Å². The van der Waals surface area contributed by atoms with Gasteiger partial charge in [-0.25, -0.2) is 8.42 Å². The third kappa shape index (κ3) is 4.32. The minimum Gasteiger partial charge on any atom is -0.419 e. The van der Waals surface area contributed by atoms with Crippen molar-refractivity contribution in [1.82, 2.24) is 4.98 Å². The Morgan fingerprint density at radius 3 is 2.41 bits per heavy atom. The van der Waals surface area contributed by atoms with Crippen molar-refractivity contribution < 1.29 is 17.6 Å². The molecule has 0 unspecified atom stereocenters. The molecule has 2 aromatic carbocycles. The zero-order valence-corrected chi connectivity index (χ0v) is 16.5. The van der Waals surface area contributed by atoms with Gasteiger partial charge in [-0.1, -0.05) is 29.3 Å². The van der Waals surface area contributed by atoms with Crippen LogP contribution in [0.3, 0.4) is 0 Å². The van der Waals surface area contributed by atoms with Gasteiger partial charge in [0.05, 0.1) is 11.5 Å². The third-order valence-corrected chi connectivity index (χ3v) is 5.80. The van der Waals surface area contributed by atoms with E-state index in [-0.39, 0.29) is 21.7 Å². The molecule has 3 aromatic rings. The first-order valence-corrected chi connectivity index (χ1v) is 10.1. The second-order valence-electron chi connectivity index (χ2n) is 5.90. The largest absolute Gasteiger partial charge is 0.419 e. The van der Waals surface area contributed by atoms with Crippen molar-refractivity contribution in [3.63, 3.8) is 0 Å². The first-order valence-electron chi connectivity index (χ1n) is 8.23. The van der Waals surface area contributed by atoms with Crippen LogP contribution < -0.4 is 5.32 Å². The lowest BCUT2D eigenvalue weighted by Crippen LogP contribution is -2.11. The second-order valence-corrected chi connectivity index (χ2v) is 8.20. The lowest BCUT2D eigenvalue weighted by molar-refractivity contribution is 0.210. The molecule has 6 nitrogen and oxygen atoms in total. The standard InChI is InChI=1S/C19H19ClN2O4S/c1-13-3-5-14(6-4-13)17-22-19(18(26-17)21-11-12-25-2)27(23,24)16-9-7-15(20)8-10-16/h3-10,21H,11-12H2,1-2H3. The smallest absolute Gasteiger partial charge is 0.233 e. The van der Waals surface area contributed by atoms with Gasteiger partial charge in [0.2, 0.25) is 26.6 Å². The molecule has 0 aliphatic rings. The SMILES string of the molecule is COCCNc1oc(-c2ccc(C)cc2)nc1S(=O)(=O)c1ccc(Cl)cc1. The summed E-state index contributed by atoms with van der Waals surface area (Å²) in [5.74, 6) is 0.306. The highest BCUT2D eigenvalue weighted by atomic mass is 35.5. The summed E-state index contributed by atoms with van der Waals surface area (Å²) in [6.07, 6.45) is 0. The molecule has 0 spiro atoms. The normalized spacial score (nSPS) is 11.5. The first-order chi connectivity index (χ1) is 12.9. The first kappa shape index (κ1) is 19.4. The summed E-state index contributed by atoms with van der Waals surface area (Å²) in [4.78, 5) is 4.36. The van der Waals surface area contributed by atoms with E-state index in [2.05, 4.69) is 10.3 Å². The number of aromatic nitrogens is 1. The van der Waals surface area contributed by atoms with E-state index in [1.54, 1.807) is 7.11 Å². The number of rotatable bonds is 7. The number of benzene rings is 2. The molecule has 27 heavy (non-hydrogen) atoms. The van der Waals surface area contributed by atoms with E-state index in [1.807, 2.05) is 31.2 Å². The van der Waals surface area contributed by atoms with Crippen LogP contribution in [0, 0.1) is 6.92 Å². The van der Waals surface area contributed by atoms with Crippen molar-refractivity contribution >= 4 is 27.3 Å². The molecular formula is C19H19ClN2O4S. The van der Waals surface area contributed by atoms with E-state index in [1.165, 1.54) is 24.3 Å². The van der Waals surface area contributed by atoms with Gasteiger partial charge < -0.3 is 14.5 Å². The molecule has 0 saturated heterocycles. The van der Waals surface area contributed by atoms with Crippen molar-refractivity contribution in [3.05, 3.63) is 59.1 Å². The number of hydrogen-bond acceptors (Lipinski definition) is 6. The number of anilines is 1. The van der Waals surface area contributed by atoms with Gasteiger partial charge in [-0.15, -0.1) is 0 Å². The number of halogens is 1. The fourth-order valence-corrected chi connectivity index (χ4v) is 3.82. The Morgan fingerprint density at radius 1 is 1.11 bits per heavy atom. The zero-order chi connectivity index (χ0) is 19.4. The van der Waals surface area contributed by atoms with Crippen molar-refractivity contribution in [1.29, 1.82) is 0 Å². The second kappa shape index (κ2) is 8.12. The molecule has 142 valence electrons. The number of ether oxygens (including phenoxy) is 1. The van der Waals surface area contributed by atoms with E-state index in [0.29, 0.717) is 23.7 Å². The fraction of sp³-hybridized carbons (Fsp3) is 0.211. The van der Waals surface area contributed by atoms with Crippen molar-refractivity contribution in [2.75, 3.05) is 25.6 Å². The Balaban J connectivity index is 2.06. The van der Waals surface area contributed by atoms with Crippen LogP contribution in [-0.2, 0) is 14.6 Å². The predicted octanol–water partition coefficient (Wildman–Crippen LogP) is 4.19. The van der Waals surface area contributed by atoms with Crippen LogP contribution in [-0.4, -0.2) is 33.7 Å². The van der Waals surface area contributed by atoms with Crippen LogP contribution in [0.15, 0.2) is 62.9 Å². The number of methoxy groups -OCH3 is 1. The Morgan fingerprint density at radius 2 is 1.78 bits per heavy atom. The van der Waals surface area contributed by atoms with Gasteiger partial charge in [0.25, 0.3) is 0 Å². The molecule has 1 aromatic heterocycles. The lowest BCUT2D eigenvalue weighted by atomic mass is 10.1. The van der Waals surface area contributed by atoms with E-state index in [9.17, 15) is 8.42 Å². The number of oxazole rings is 1. The van der Waals surface area contributed by atoms with Gasteiger partial charge in [0.1, 0.15) is 0 Å². The molecule has 0 saturated carbocycles. The molecule has 1 N–H and O–H groups in total. The molecule has 0 amide bonds. The Hall–Kier alpha value is -2.35. The van der Waals surface area contributed by atoms with Crippen LogP contribution in [0.5, 0.6) is 0 Å². The summed E-state index contributed by atoms with van der Waals surface area (Å²) in [6.45, 7) is 2.73. The summed E-state index contributed by atoms with van der Waals surface area (Å²) < 4.78 is 36.9. The maximum atomic E-state index is 13.1. The van der Waals surface area contributed by atoms with Crippen molar-refractivity contribution in [3.8, 4) is 11.5 Å². The summed E-state index contributed by atoms with van der Waals surface area (Å²) in [5.41, 5.74) is 1.77. The minimum atomic E-state index is -3.89. The molecule has 0 radical (unpaired) electrons. The molecule has 8 heteroatoms. The summed E-state index contributed by atoms with van der Waals surface area (Å²) in [7, 11) is -2.33. The molecular weight excluding hydrogens is 388 g/mol. The quantitative estimate of drug-likeness (QED) is 0.592. The van der Waals surface area contributed by atoms with Gasteiger partial charge >= 0.3 is 0 Å². The topological polar surface area (TPSA) is 81.4 Å². The highest BCUT2D eigenvalue weighted by Crippen LogP contribution is 2.32. The van der Waals surface area contributed by atoms with E-state index in [4.69, 9.17) is 20.8 Å². The van der Waals surface area contributed by atoms with Crippen LogP contribution in [0.2, 0.25) is 5.02 Å². The Bertz CT molecular complexity index is 1010. The van der Waals surface area contributed by atoms with E-state index >= 15 is 0 Å². The Labute approximate surface area is 163 Å². The molecule has 0 fully saturated rings. The van der Waals surface area contributed by atoms with Crippen LogP contribution in [0.25, 0.3) is 11.5 Å². The average Bonchev–Trinajstić information content (AvgIpc) is 3.08. The molecule has 0 aliphatic heterocycles. The van der Waals surface area contributed by atoms with Crippen molar-refractivity contribution in [2.45, 2.75) is 16.8 Å². The van der Waals surface area contributed by atoms with Crippen molar-refractivity contribution in [2.24, 2.45) is 0 Å². The summed E-state index contributed by atoms with van der Waals surface area (Å²) in [5, 5.41) is 3.23. The number of aryl methyl sites for hydroxylation is 1. The zero-order valence-electron chi connectivity index (χ0n) is 14.9. The van der Waals surface area contributed by atoms with Gasteiger partial charge in [-0.2, -0.15) is 4.98 Å². The van der Waals surface area contributed by atoms with E-state index in [0.717, 1.165) is 5.56 Å². The molecule has 0 bridgehead atoms. The Kier molecular flexibility index (Phi) is 5.84. The maximum Gasteiger partial charge on any atom is 0.233 e. The van der Waals surface area contributed by atoms with E-state index < -0.39 is 9.84 Å². The molecule has 1 heterocycles. The van der Waals surface area contributed by atoms with Gasteiger partial charge in [-0.05, 0) is 43.3 Å². The minimum absolute atomic E-state index is 0.0811. The predicted molar refractivity (Wildman–Crippen MR) is 104 cm³/mol. The highest BCUT2D eigenvalue weighted by Gasteiger charge is 2.28. The maximum absolute atomic E-state index is 13.1. The highest BCUT2D eigenvalue weighted by molar-refractivity contribution is 7.91. The van der Waals surface area contributed by atoms with Crippen LogP contribution in [0.1, 0.15) is 5.56 Å². The molecule has 0 atom stereocenters. The third-order valence-electron chi connectivity index (χ3n) is 3.86. The monoisotopic (exact) mass is 406 g/mol. The summed E-state index contributed by atoms with van der Waals surface area (Å²) in [6, 6.07) is 13.4. The number of nitrogens with one attached hydrogen (secondary N) is 1. The number of sulfone groups is 1. The van der Waals surface area contributed by atoms with Gasteiger partial charge in [0, 0.05) is 24.2 Å². The fourth-order valence-electron chi connectivity index (χ4n) is 2.41. The summed E-state index contributed by atoms with van der Waals surface area (Å²) >= 11 is 5.87. The molecule has 0 aliphatic carbocycles.